The quantitative estimate of drug-likeness (QED) is 0.821. The lowest BCUT2D eigenvalue weighted by atomic mass is 10.4. The summed E-state index contributed by atoms with van der Waals surface area (Å²) in [6, 6.07) is 1.50. The van der Waals surface area contributed by atoms with Crippen molar-refractivity contribution in [2.75, 3.05) is 6.54 Å². The first-order valence-corrected chi connectivity index (χ1v) is 5.16. The Balaban J connectivity index is 2.52. The van der Waals surface area contributed by atoms with Crippen LogP contribution in [0.15, 0.2) is 16.7 Å². The van der Waals surface area contributed by atoms with Gasteiger partial charge in [-0.3, -0.25) is 4.79 Å². The fourth-order valence-corrected chi connectivity index (χ4v) is 1.26. The van der Waals surface area contributed by atoms with Crippen molar-refractivity contribution in [3.05, 3.63) is 22.4 Å². The third kappa shape index (κ3) is 3.75. The second kappa shape index (κ2) is 4.39. The molecule has 1 aromatic heterocycles. The highest BCUT2D eigenvalue weighted by atomic mass is 79.9. The summed E-state index contributed by atoms with van der Waals surface area (Å²) in [4.78, 5) is 10.7. The van der Waals surface area contributed by atoms with E-state index in [4.69, 9.17) is 0 Å². The molecule has 0 radical (unpaired) electrons. The smallest absolute Gasteiger partial charge is 0.318 e. The highest BCUT2D eigenvalue weighted by molar-refractivity contribution is 9.10. The van der Waals surface area contributed by atoms with Gasteiger partial charge in [0.15, 0.2) is 0 Å². The fourth-order valence-electron chi connectivity index (χ4n) is 0.775. The first-order valence-electron chi connectivity index (χ1n) is 3.57. The van der Waals surface area contributed by atoms with Gasteiger partial charge in [0.25, 0.3) is 5.91 Å². The standard InChI is InChI=1S/C7H6Br2F2N2O/c8-4-1-5(12-2-4)6(14)13-3-7(9,10)11/h1-2,12H,3H2,(H,13,14). The number of H-pyrrole nitrogens is 1. The van der Waals surface area contributed by atoms with Crippen molar-refractivity contribution in [1.82, 2.24) is 10.3 Å². The Kier molecular flexibility index (Phi) is 3.65. The van der Waals surface area contributed by atoms with Crippen LogP contribution in [-0.4, -0.2) is 22.3 Å². The van der Waals surface area contributed by atoms with Crippen molar-refractivity contribution < 1.29 is 13.6 Å². The zero-order valence-electron chi connectivity index (χ0n) is 6.78. The molecule has 0 saturated carbocycles. The Hall–Kier alpha value is -0.430. The average Bonchev–Trinajstić information content (AvgIpc) is 2.46. The van der Waals surface area contributed by atoms with E-state index < -0.39 is 17.3 Å². The van der Waals surface area contributed by atoms with Crippen LogP contribution in [0.3, 0.4) is 0 Å². The number of nitrogens with one attached hydrogen (secondary N) is 2. The van der Waals surface area contributed by atoms with Crippen LogP contribution in [0, 0.1) is 0 Å². The van der Waals surface area contributed by atoms with Crippen molar-refractivity contribution in [3.8, 4) is 0 Å². The monoisotopic (exact) mass is 330 g/mol. The maximum absolute atomic E-state index is 12.3. The second-order valence-corrected chi connectivity index (χ2v) is 4.61. The van der Waals surface area contributed by atoms with Gasteiger partial charge >= 0.3 is 4.83 Å². The molecule has 1 amide bonds. The van der Waals surface area contributed by atoms with Crippen LogP contribution in [0.2, 0.25) is 0 Å². The number of aromatic amines is 1. The van der Waals surface area contributed by atoms with E-state index in [1.807, 2.05) is 0 Å². The van der Waals surface area contributed by atoms with Gasteiger partial charge in [0.1, 0.15) is 5.69 Å². The summed E-state index contributed by atoms with van der Waals surface area (Å²) in [5.41, 5.74) is 0.230. The first-order chi connectivity index (χ1) is 6.38. The Morgan fingerprint density at radius 3 is 2.71 bits per heavy atom. The lowest BCUT2D eigenvalue weighted by Crippen LogP contribution is -2.32. The zero-order valence-corrected chi connectivity index (χ0v) is 9.95. The SMILES string of the molecule is O=C(NCC(F)(F)Br)c1cc(Br)c[nH]1. The van der Waals surface area contributed by atoms with Crippen LogP contribution >= 0.6 is 31.9 Å². The molecule has 1 heterocycles. The lowest BCUT2D eigenvalue weighted by molar-refractivity contribution is 0.0832. The van der Waals surface area contributed by atoms with E-state index in [0.717, 1.165) is 0 Å². The summed E-state index contributed by atoms with van der Waals surface area (Å²) in [6.45, 7) is -0.748. The van der Waals surface area contributed by atoms with Crippen molar-refractivity contribution in [2.24, 2.45) is 0 Å². The zero-order chi connectivity index (χ0) is 10.8. The highest BCUT2D eigenvalue weighted by Gasteiger charge is 2.24. The predicted molar refractivity (Wildman–Crippen MR) is 54.7 cm³/mol. The Bertz CT molecular complexity index is 335. The largest absolute Gasteiger partial charge is 0.356 e. The number of hydrogen-bond donors (Lipinski definition) is 2. The average molecular weight is 332 g/mol. The molecule has 0 bridgehead atoms. The predicted octanol–water partition coefficient (Wildman–Crippen LogP) is 2.49. The van der Waals surface area contributed by atoms with E-state index >= 15 is 0 Å². The minimum Gasteiger partial charge on any atom is -0.356 e. The van der Waals surface area contributed by atoms with Crippen LogP contribution in [0.1, 0.15) is 10.5 Å². The summed E-state index contributed by atoms with van der Waals surface area (Å²) in [6.07, 6.45) is 1.54. The molecular formula is C7H6Br2F2N2O. The number of carbonyl (C=O) groups is 1. The van der Waals surface area contributed by atoms with E-state index in [1.54, 1.807) is 6.20 Å². The summed E-state index contributed by atoms with van der Waals surface area (Å²) < 4.78 is 25.3. The number of hydrogen-bond acceptors (Lipinski definition) is 1. The van der Waals surface area contributed by atoms with Crippen LogP contribution in [0.25, 0.3) is 0 Å². The van der Waals surface area contributed by atoms with Crippen molar-refractivity contribution in [2.45, 2.75) is 4.83 Å². The molecule has 0 fully saturated rings. The molecule has 0 saturated heterocycles. The summed E-state index contributed by atoms with van der Waals surface area (Å²) >= 11 is 5.24. The molecule has 1 aromatic rings. The van der Waals surface area contributed by atoms with Crippen LogP contribution in [-0.2, 0) is 0 Å². The topological polar surface area (TPSA) is 44.9 Å². The molecule has 1 rings (SSSR count). The number of halogens is 4. The van der Waals surface area contributed by atoms with E-state index in [1.165, 1.54) is 6.07 Å². The van der Waals surface area contributed by atoms with E-state index in [-0.39, 0.29) is 5.69 Å². The Morgan fingerprint density at radius 1 is 1.64 bits per heavy atom. The number of aromatic nitrogens is 1. The van der Waals surface area contributed by atoms with E-state index in [9.17, 15) is 13.6 Å². The number of amides is 1. The lowest BCUT2D eigenvalue weighted by Gasteiger charge is -2.08. The molecule has 0 aliphatic heterocycles. The van der Waals surface area contributed by atoms with Crippen LogP contribution in [0.4, 0.5) is 8.78 Å². The molecule has 14 heavy (non-hydrogen) atoms. The molecule has 3 nitrogen and oxygen atoms in total. The number of alkyl halides is 3. The fraction of sp³-hybridized carbons (Fsp3) is 0.286. The summed E-state index contributed by atoms with van der Waals surface area (Å²) in [5.74, 6) is -0.574. The first kappa shape index (κ1) is 11.6. The van der Waals surface area contributed by atoms with Gasteiger partial charge in [-0.1, -0.05) is 0 Å². The van der Waals surface area contributed by atoms with Gasteiger partial charge in [-0.05, 0) is 37.9 Å². The molecular weight excluding hydrogens is 326 g/mol. The molecule has 7 heteroatoms. The molecule has 0 unspecified atom stereocenters. The van der Waals surface area contributed by atoms with Crippen molar-refractivity contribution >= 4 is 37.8 Å². The van der Waals surface area contributed by atoms with Crippen molar-refractivity contribution in [3.63, 3.8) is 0 Å². The number of rotatable bonds is 3. The molecule has 78 valence electrons. The third-order valence-electron chi connectivity index (χ3n) is 1.34. The normalized spacial score (nSPS) is 11.4. The number of carbonyl (C=O) groups excluding carboxylic acids is 1. The van der Waals surface area contributed by atoms with Gasteiger partial charge in [0.2, 0.25) is 0 Å². The van der Waals surface area contributed by atoms with Crippen LogP contribution in [0.5, 0.6) is 0 Å². The highest BCUT2D eigenvalue weighted by Crippen LogP contribution is 2.20. The van der Waals surface area contributed by atoms with Gasteiger partial charge in [-0.25, -0.2) is 0 Å². The molecule has 0 atom stereocenters. The summed E-state index contributed by atoms with van der Waals surface area (Å²) in [7, 11) is 0. The van der Waals surface area contributed by atoms with Gasteiger partial charge in [-0.2, -0.15) is 8.78 Å². The van der Waals surface area contributed by atoms with Gasteiger partial charge in [0.05, 0.1) is 6.54 Å². The minimum atomic E-state index is -3.08. The van der Waals surface area contributed by atoms with Gasteiger partial charge in [0, 0.05) is 10.7 Å². The molecule has 0 aliphatic carbocycles. The molecule has 0 aromatic carbocycles. The molecule has 0 aliphatic rings. The Labute approximate surface area is 95.5 Å². The third-order valence-corrected chi connectivity index (χ3v) is 2.08. The van der Waals surface area contributed by atoms with Gasteiger partial charge < -0.3 is 10.3 Å². The maximum Gasteiger partial charge on any atom is 0.318 e. The Morgan fingerprint density at radius 2 is 2.29 bits per heavy atom. The van der Waals surface area contributed by atoms with Gasteiger partial charge in [-0.15, -0.1) is 0 Å². The van der Waals surface area contributed by atoms with E-state index in [2.05, 4.69) is 42.2 Å². The summed E-state index contributed by atoms with van der Waals surface area (Å²) in [5, 5.41) is 2.06. The minimum absolute atomic E-state index is 0.230. The molecule has 0 spiro atoms. The molecule has 2 N–H and O–H groups in total. The second-order valence-electron chi connectivity index (χ2n) is 2.53. The van der Waals surface area contributed by atoms with Crippen molar-refractivity contribution in [1.29, 1.82) is 0 Å². The van der Waals surface area contributed by atoms with Crippen LogP contribution < -0.4 is 5.32 Å². The maximum atomic E-state index is 12.3. The van der Waals surface area contributed by atoms with E-state index in [0.29, 0.717) is 4.47 Å².